The Bertz CT molecular complexity index is 836. The van der Waals surface area contributed by atoms with Crippen LogP contribution in [0.5, 0.6) is 11.5 Å². The Morgan fingerprint density at radius 3 is 2.91 bits per heavy atom. The van der Waals surface area contributed by atoms with Crippen LogP contribution in [-0.4, -0.2) is 27.0 Å². The Hall–Kier alpha value is -2.80. The van der Waals surface area contributed by atoms with E-state index in [9.17, 15) is 0 Å². The number of aromatic amines is 1. The molecule has 110 valence electrons. The maximum Gasteiger partial charge on any atom is 0.231 e. The fraction of sp³-hybridized carbons (Fsp3) is 0.0714. The molecule has 0 spiro atoms. The third-order valence-electron chi connectivity index (χ3n) is 3.14. The first-order chi connectivity index (χ1) is 10.8. The molecular weight excluding hydrogens is 306 g/mol. The van der Waals surface area contributed by atoms with E-state index in [1.807, 2.05) is 24.3 Å². The SMILES string of the molecule is Clc1nccc(Nc2cc(-c3ccc4c(c3)OCO4)[nH]n2)n1. The summed E-state index contributed by atoms with van der Waals surface area (Å²) >= 11 is 5.75. The van der Waals surface area contributed by atoms with E-state index in [0.29, 0.717) is 11.6 Å². The van der Waals surface area contributed by atoms with E-state index in [-0.39, 0.29) is 12.1 Å². The molecule has 4 rings (SSSR count). The molecule has 0 amide bonds. The van der Waals surface area contributed by atoms with Crippen molar-refractivity contribution < 1.29 is 9.47 Å². The highest BCUT2D eigenvalue weighted by atomic mass is 35.5. The van der Waals surface area contributed by atoms with E-state index in [1.54, 1.807) is 12.3 Å². The first-order valence-corrected chi connectivity index (χ1v) is 6.87. The molecule has 0 aliphatic carbocycles. The summed E-state index contributed by atoms with van der Waals surface area (Å²) in [5.74, 6) is 2.67. The lowest BCUT2D eigenvalue weighted by molar-refractivity contribution is 0.174. The van der Waals surface area contributed by atoms with Gasteiger partial charge in [-0.2, -0.15) is 5.10 Å². The Morgan fingerprint density at radius 2 is 2.00 bits per heavy atom. The summed E-state index contributed by atoms with van der Waals surface area (Å²) in [5, 5.41) is 10.4. The lowest BCUT2D eigenvalue weighted by Gasteiger charge is -2.01. The molecule has 22 heavy (non-hydrogen) atoms. The van der Waals surface area contributed by atoms with Gasteiger partial charge >= 0.3 is 0 Å². The van der Waals surface area contributed by atoms with Crippen LogP contribution >= 0.6 is 11.6 Å². The summed E-state index contributed by atoms with van der Waals surface area (Å²) in [5.41, 5.74) is 1.80. The van der Waals surface area contributed by atoms with Gasteiger partial charge < -0.3 is 14.8 Å². The number of fused-ring (bicyclic) bond motifs is 1. The summed E-state index contributed by atoms with van der Waals surface area (Å²) in [4.78, 5) is 7.88. The van der Waals surface area contributed by atoms with Gasteiger partial charge in [0.2, 0.25) is 12.1 Å². The van der Waals surface area contributed by atoms with Gasteiger partial charge in [-0.15, -0.1) is 0 Å². The van der Waals surface area contributed by atoms with Crippen LogP contribution in [-0.2, 0) is 0 Å². The zero-order chi connectivity index (χ0) is 14.9. The van der Waals surface area contributed by atoms with Gasteiger partial charge in [-0.3, -0.25) is 5.10 Å². The Morgan fingerprint density at radius 1 is 1.09 bits per heavy atom. The summed E-state index contributed by atoms with van der Waals surface area (Å²) in [6.07, 6.45) is 1.57. The number of hydrogen-bond acceptors (Lipinski definition) is 6. The standard InChI is InChI=1S/C14H10ClN5O2/c15-14-16-4-3-12(18-14)17-13-6-9(19-20-13)8-1-2-10-11(5-8)22-7-21-10/h1-6H,7H2,(H2,16,17,18,19,20). The topological polar surface area (TPSA) is 85.0 Å². The number of benzene rings is 1. The number of aromatic nitrogens is 4. The molecule has 1 aliphatic rings. The second-order valence-electron chi connectivity index (χ2n) is 4.57. The van der Waals surface area contributed by atoms with Crippen molar-refractivity contribution >= 4 is 23.2 Å². The minimum absolute atomic E-state index is 0.177. The van der Waals surface area contributed by atoms with Gasteiger partial charge in [0.15, 0.2) is 17.3 Å². The molecule has 0 atom stereocenters. The first-order valence-electron chi connectivity index (χ1n) is 6.49. The summed E-state index contributed by atoms with van der Waals surface area (Å²) in [7, 11) is 0. The van der Waals surface area contributed by atoms with Gasteiger partial charge in [-0.1, -0.05) is 0 Å². The van der Waals surface area contributed by atoms with Crippen LogP contribution in [0.15, 0.2) is 36.5 Å². The van der Waals surface area contributed by atoms with Crippen LogP contribution in [0.4, 0.5) is 11.6 Å². The molecule has 2 N–H and O–H groups in total. The van der Waals surface area contributed by atoms with Gasteiger partial charge in [0.25, 0.3) is 0 Å². The van der Waals surface area contributed by atoms with Crippen LogP contribution in [0, 0.1) is 0 Å². The maximum absolute atomic E-state index is 5.75. The van der Waals surface area contributed by atoms with Crippen LogP contribution in [0.3, 0.4) is 0 Å². The van der Waals surface area contributed by atoms with Gasteiger partial charge in [0, 0.05) is 17.8 Å². The molecule has 0 saturated carbocycles. The molecule has 3 aromatic rings. The summed E-state index contributed by atoms with van der Waals surface area (Å²) in [6.45, 7) is 0.253. The predicted octanol–water partition coefficient (Wildman–Crippen LogP) is 2.99. The van der Waals surface area contributed by atoms with Crippen molar-refractivity contribution in [1.29, 1.82) is 0 Å². The van der Waals surface area contributed by atoms with E-state index < -0.39 is 0 Å². The smallest absolute Gasteiger partial charge is 0.231 e. The number of nitrogens with zero attached hydrogens (tertiary/aromatic N) is 3. The highest BCUT2D eigenvalue weighted by Crippen LogP contribution is 2.35. The minimum Gasteiger partial charge on any atom is -0.454 e. The van der Waals surface area contributed by atoms with Crippen LogP contribution < -0.4 is 14.8 Å². The number of H-pyrrole nitrogens is 1. The van der Waals surface area contributed by atoms with Crippen molar-refractivity contribution in [3.63, 3.8) is 0 Å². The first kappa shape index (κ1) is 12.9. The van der Waals surface area contributed by atoms with Crippen molar-refractivity contribution in [3.8, 4) is 22.8 Å². The van der Waals surface area contributed by atoms with Gasteiger partial charge in [-0.05, 0) is 35.9 Å². The molecule has 0 fully saturated rings. The molecule has 7 nitrogen and oxygen atoms in total. The summed E-state index contributed by atoms with van der Waals surface area (Å²) in [6, 6.07) is 9.29. The lowest BCUT2D eigenvalue weighted by Crippen LogP contribution is -1.94. The highest BCUT2D eigenvalue weighted by Gasteiger charge is 2.14. The lowest BCUT2D eigenvalue weighted by atomic mass is 10.1. The largest absolute Gasteiger partial charge is 0.454 e. The van der Waals surface area contributed by atoms with Crippen molar-refractivity contribution in [1.82, 2.24) is 20.2 Å². The quantitative estimate of drug-likeness (QED) is 0.723. The normalized spacial score (nSPS) is 12.4. The Kier molecular flexibility index (Phi) is 3.05. The average Bonchev–Trinajstić information content (AvgIpc) is 3.15. The minimum atomic E-state index is 0.177. The number of halogens is 1. The van der Waals surface area contributed by atoms with Gasteiger partial charge in [0.1, 0.15) is 5.82 Å². The van der Waals surface area contributed by atoms with E-state index >= 15 is 0 Å². The number of hydrogen-bond donors (Lipinski definition) is 2. The monoisotopic (exact) mass is 315 g/mol. The zero-order valence-corrected chi connectivity index (χ0v) is 12.0. The predicted molar refractivity (Wildman–Crippen MR) is 80.5 cm³/mol. The van der Waals surface area contributed by atoms with E-state index in [4.69, 9.17) is 21.1 Å². The Labute approximate surface area is 130 Å². The van der Waals surface area contributed by atoms with Crippen LogP contribution in [0.25, 0.3) is 11.3 Å². The third kappa shape index (κ3) is 2.42. The van der Waals surface area contributed by atoms with Gasteiger partial charge in [-0.25, -0.2) is 9.97 Å². The molecule has 0 saturated heterocycles. The van der Waals surface area contributed by atoms with Crippen molar-refractivity contribution in [3.05, 3.63) is 41.8 Å². The van der Waals surface area contributed by atoms with E-state index in [2.05, 4.69) is 25.5 Å². The highest BCUT2D eigenvalue weighted by molar-refractivity contribution is 6.28. The molecule has 3 heterocycles. The fourth-order valence-corrected chi connectivity index (χ4v) is 2.28. The summed E-state index contributed by atoms with van der Waals surface area (Å²) < 4.78 is 10.7. The van der Waals surface area contributed by atoms with Gasteiger partial charge in [0.05, 0.1) is 5.69 Å². The van der Waals surface area contributed by atoms with Crippen LogP contribution in [0.2, 0.25) is 5.28 Å². The van der Waals surface area contributed by atoms with Crippen LogP contribution in [0.1, 0.15) is 0 Å². The second-order valence-corrected chi connectivity index (χ2v) is 4.91. The molecule has 0 radical (unpaired) electrons. The average molecular weight is 316 g/mol. The van der Waals surface area contributed by atoms with E-state index in [0.717, 1.165) is 22.8 Å². The van der Waals surface area contributed by atoms with Crippen molar-refractivity contribution in [2.24, 2.45) is 0 Å². The number of nitrogens with one attached hydrogen (secondary N) is 2. The fourth-order valence-electron chi connectivity index (χ4n) is 2.13. The zero-order valence-electron chi connectivity index (χ0n) is 11.2. The number of rotatable bonds is 3. The molecular formula is C14H10ClN5O2. The Balaban J connectivity index is 1.59. The number of anilines is 2. The molecule has 8 heteroatoms. The molecule has 1 aromatic carbocycles. The van der Waals surface area contributed by atoms with Crippen molar-refractivity contribution in [2.45, 2.75) is 0 Å². The molecule has 0 bridgehead atoms. The number of ether oxygens (including phenoxy) is 2. The third-order valence-corrected chi connectivity index (χ3v) is 3.33. The molecule has 2 aromatic heterocycles. The van der Waals surface area contributed by atoms with Crippen molar-refractivity contribution in [2.75, 3.05) is 12.1 Å². The molecule has 1 aliphatic heterocycles. The molecule has 0 unspecified atom stereocenters. The van der Waals surface area contributed by atoms with E-state index in [1.165, 1.54) is 0 Å². The maximum atomic E-state index is 5.75. The second kappa shape index (κ2) is 5.19.